The van der Waals surface area contributed by atoms with Gasteiger partial charge in [-0.3, -0.25) is 9.78 Å². The number of ether oxygens (including phenoxy) is 1. The minimum absolute atomic E-state index is 0.0655. The third-order valence-corrected chi connectivity index (χ3v) is 4.79. The lowest BCUT2D eigenvalue weighted by Crippen LogP contribution is -2.15. The van der Waals surface area contributed by atoms with E-state index < -0.39 is 0 Å². The molecule has 0 saturated heterocycles. The smallest absolute Gasteiger partial charge is 0.228 e. The second kappa shape index (κ2) is 8.57. The second-order valence-electron chi connectivity index (χ2n) is 6.97. The Morgan fingerprint density at radius 1 is 0.966 bits per heavy atom. The van der Waals surface area contributed by atoms with Gasteiger partial charge in [-0.15, -0.1) is 0 Å². The van der Waals surface area contributed by atoms with Gasteiger partial charge in [0.1, 0.15) is 12.4 Å². The van der Waals surface area contributed by atoms with Crippen molar-refractivity contribution in [3.8, 4) is 5.75 Å². The van der Waals surface area contributed by atoms with E-state index in [1.54, 1.807) is 6.20 Å². The van der Waals surface area contributed by atoms with E-state index in [2.05, 4.69) is 10.3 Å². The number of hydrogen-bond donors (Lipinski definition) is 1. The fraction of sp³-hybridized carbons (Fsp3) is 0.120. The predicted molar refractivity (Wildman–Crippen MR) is 116 cm³/mol. The van der Waals surface area contributed by atoms with Crippen LogP contribution in [-0.2, 0) is 17.8 Å². The number of fused-ring (bicyclic) bond motifs is 1. The van der Waals surface area contributed by atoms with Crippen molar-refractivity contribution < 1.29 is 9.53 Å². The molecule has 0 spiro atoms. The zero-order chi connectivity index (χ0) is 20.1. The maximum Gasteiger partial charge on any atom is 0.228 e. The molecule has 4 aromatic rings. The third kappa shape index (κ3) is 4.61. The predicted octanol–water partition coefficient (Wildman–Crippen LogP) is 5.30. The molecule has 4 rings (SSSR count). The highest BCUT2D eigenvalue weighted by Gasteiger charge is 2.10. The van der Waals surface area contributed by atoms with Gasteiger partial charge in [-0.2, -0.15) is 0 Å². The van der Waals surface area contributed by atoms with Crippen LogP contribution in [0.2, 0.25) is 0 Å². The first-order chi connectivity index (χ1) is 14.2. The van der Waals surface area contributed by atoms with Gasteiger partial charge in [-0.05, 0) is 47.9 Å². The van der Waals surface area contributed by atoms with Crippen LogP contribution in [0.25, 0.3) is 10.9 Å². The van der Waals surface area contributed by atoms with Gasteiger partial charge in [-0.25, -0.2) is 0 Å². The number of hydrogen-bond acceptors (Lipinski definition) is 3. The molecule has 0 radical (unpaired) electrons. The molecule has 0 aliphatic heterocycles. The molecule has 144 valence electrons. The van der Waals surface area contributed by atoms with E-state index in [9.17, 15) is 4.79 Å². The first-order valence-corrected chi connectivity index (χ1v) is 9.59. The number of carbonyl (C=O) groups excluding carboxylic acids is 1. The van der Waals surface area contributed by atoms with Gasteiger partial charge in [0.2, 0.25) is 5.91 Å². The topological polar surface area (TPSA) is 51.2 Å². The van der Waals surface area contributed by atoms with E-state index in [-0.39, 0.29) is 12.3 Å². The van der Waals surface area contributed by atoms with Crippen molar-refractivity contribution in [2.75, 3.05) is 5.32 Å². The molecule has 1 aromatic heterocycles. The molecule has 0 saturated carbocycles. The SMILES string of the molecule is Cc1cc(OCc2ccccc2)ccc1NC(=O)Cc1cccc2cccnc12. The molecule has 0 fully saturated rings. The Bertz CT molecular complexity index is 1130. The van der Waals surface area contributed by atoms with E-state index >= 15 is 0 Å². The van der Waals surface area contributed by atoms with Crippen LogP contribution >= 0.6 is 0 Å². The summed E-state index contributed by atoms with van der Waals surface area (Å²) < 4.78 is 5.86. The molecule has 29 heavy (non-hydrogen) atoms. The van der Waals surface area contributed by atoms with Crippen molar-refractivity contribution in [1.29, 1.82) is 0 Å². The van der Waals surface area contributed by atoms with Crippen LogP contribution in [0.5, 0.6) is 5.75 Å². The molecule has 0 atom stereocenters. The normalized spacial score (nSPS) is 10.7. The van der Waals surface area contributed by atoms with Gasteiger partial charge in [0.15, 0.2) is 0 Å². The minimum atomic E-state index is -0.0655. The molecule has 4 nitrogen and oxygen atoms in total. The molecule has 0 aliphatic rings. The molecular weight excluding hydrogens is 360 g/mol. The van der Waals surface area contributed by atoms with Crippen LogP contribution in [0.15, 0.2) is 85.1 Å². The van der Waals surface area contributed by atoms with E-state index in [4.69, 9.17) is 4.74 Å². The summed E-state index contributed by atoms with van der Waals surface area (Å²) in [5.74, 6) is 0.715. The standard InChI is InChI=1S/C25H22N2O2/c1-18-15-22(29-17-19-7-3-2-4-8-19)12-13-23(18)27-24(28)16-21-10-5-9-20-11-6-14-26-25(20)21/h2-15H,16-17H2,1H3,(H,27,28). The highest BCUT2D eigenvalue weighted by atomic mass is 16.5. The number of amides is 1. The molecule has 4 heteroatoms. The summed E-state index contributed by atoms with van der Waals surface area (Å²) in [5.41, 5.74) is 4.65. The Hall–Kier alpha value is -3.66. The average molecular weight is 382 g/mol. The van der Waals surface area contributed by atoms with Crippen molar-refractivity contribution >= 4 is 22.5 Å². The molecule has 0 bridgehead atoms. The van der Waals surface area contributed by atoms with Gasteiger partial charge >= 0.3 is 0 Å². The highest BCUT2D eigenvalue weighted by Crippen LogP contribution is 2.23. The molecule has 0 aliphatic carbocycles. The number of benzene rings is 3. The van der Waals surface area contributed by atoms with E-state index in [0.29, 0.717) is 6.61 Å². The summed E-state index contributed by atoms with van der Waals surface area (Å²) in [4.78, 5) is 17.0. The first-order valence-electron chi connectivity index (χ1n) is 9.59. The molecule has 1 amide bonds. The van der Waals surface area contributed by atoms with Crippen LogP contribution in [0.3, 0.4) is 0 Å². The summed E-state index contributed by atoms with van der Waals surface area (Å²) in [6.07, 6.45) is 2.03. The summed E-state index contributed by atoms with van der Waals surface area (Å²) in [5, 5.41) is 4.04. The number of para-hydroxylation sites is 1. The van der Waals surface area contributed by atoms with Crippen molar-refractivity contribution in [2.45, 2.75) is 20.0 Å². The van der Waals surface area contributed by atoms with Crippen molar-refractivity contribution in [1.82, 2.24) is 4.98 Å². The van der Waals surface area contributed by atoms with Crippen molar-refractivity contribution in [3.63, 3.8) is 0 Å². The average Bonchev–Trinajstić information content (AvgIpc) is 2.75. The number of nitrogens with zero attached hydrogens (tertiary/aromatic N) is 1. The maximum absolute atomic E-state index is 12.6. The van der Waals surface area contributed by atoms with E-state index in [1.807, 2.05) is 85.8 Å². The zero-order valence-corrected chi connectivity index (χ0v) is 16.3. The van der Waals surface area contributed by atoms with Crippen LogP contribution in [0.4, 0.5) is 5.69 Å². The van der Waals surface area contributed by atoms with E-state index in [0.717, 1.165) is 39.0 Å². The fourth-order valence-corrected chi connectivity index (χ4v) is 3.28. The summed E-state index contributed by atoms with van der Waals surface area (Å²) >= 11 is 0. The van der Waals surface area contributed by atoms with Gasteiger partial charge in [0.25, 0.3) is 0 Å². The van der Waals surface area contributed by atoms with Gasteiger partial charge in [-0.1, -0.05) is 54.6 Å². The number of nitrogens with one attached hydrogen (secondary N) is 1. The Labute approximate surface area is 170 Å². The van der Waals surface area contributed by atoms with Gasteiger partial charge < -0.3 is 10.1 Å². The monoisotopic (exact) mass is 382 g/mol. The first kappa shape index (κ1) is 18.7. The number of aryl methyl sites for hydroxylation is 1. The Kier molecular flexibility index (Phi) is 5.52. The van der Waals surface area contributed by atoms with Crippen molar-refractivity contribution in [2.24, 2.45) is 0 Å². The number of aromatic nitrogens is 1. The number of carbonyl (C=O) groups is 1. The number of rotatable bonds is 6. The maximum atomic E-state index is 12.6. The molecular formula is C25H22N2O2. The lowest BCUT2D eigenvalue weighted by molar-refractivity contribution is -0.115. The third-order valence-electron chi connectivity index (χ3n) is 4.79. The zero-order valence-electron chi connectivity index (χ0n) is 16.3. The van der Waals surface area contributed by atoms with Crippen molar-refractivity contribution in [3.05, 3.63) is 102 Å². The Balaban J connectivity index is 1.41. The van der Waals surface area contributed by atoms with Gasteiger partial charge in [0.05, 0.1) is 11.9 Å². The molecule has 1 N–H and O–H groups in total. The van der Waals surface area contributed by atoms with E-state index in [1.165, 1.54) is 0 Å². The summed E-state index contributed by atoms with van der Waals surface area (Å²) in [6, 6.07) is 25.5. The number of pyridine rings is 1. The minimum Gasteiger partial charge on any atom is -0.489 e. The molecule has 3 aromatic carbocycles. The van der Waals surface area contributed by atoms with Crippen LogP contribution in [0, 0.1) is 6.92 Å². The Morgan fingerprint density at radius 2 is 1.79 bits per heavy atom. The fourth-order valence-electron chi connectivity index (χ4n) is 3.28. The number of anilines is 1. The largest absolute Gasteiger partial charge is 0.489 e. The summed E-state index contributed by atoms with van der Waals surface area (Å²) in [7, 11) is 0. The highest BCUT2D eigenvalue weighted by molar-refractivity contribution is 5.95. The lowest BCUT2D eigenvalue weighted by Gasteiger charge is -2.12. The molecule has 1 heterocycles. The Morgan fingerprint density at radius 3 is 2.62 bits per heavy atom. The quantitative estimate of drug-likeness (QED) is 0.492. The van der Waals surface area contributed by atoms with Gasteiger partial charge in [0, 0.05) is 17.3 Å². The lowest BCUT2D eigenvalue weighted by atomic mass is 10.1. The molecule has 0 unspecified atom stereocenters. The van der Waals surface area contributed by atoms with Crippen LogP contribution in [-0.4, -0.2) is 10.9 Å². The van der Waals surface area contributed by atoms with Crippen LogP contribution in [0.1, 0.15) is 16.7 Å². The van der Waals surface area contributed by atoms with Crippen LogP contribution < -0.4 is 10.1 Å². The second-order valence-corrected chi connectivity index (χ2v) is 6.97. The summed E-state index contributed by atoms with van der Waals surface area (Å²) in [6.45, 7) is 2.48.